The van der Waals surface area contributed by atoms with Gasteiger partial charge in [-0.3, -0.25) is 14.5 Å². The highest BCUT2D eigenvalue weighted by Gasteiger charge is 2.41. The third kappa shape index (κ3) is 28.2. The quantitative estimate of drug-likeness (QED) is 0.0348. The molecule has 0 aliphatic carbocycles. The molecule has 0 bridgehead atoms. The van der Waals surface area contributed by atoms with Gasteiger partial charge in [-0.1, -0.05) is 141 Å². The molecule has 2 fully saturated rings. The largest absolute Gasteiger partial charge is 0.466 e. The van der Waals surface area contributed by atoms with Crippen molar-refractivity contribution in [3.05, 3.63) is 29.8 Å². The second kappa shape index (κ2) is 35.5. The summed E-state index contributed by atoms with van der Waals surface area (Å²) < 4.78 is 24.5. The molecule has 8 nitrogen and oxygen atoms in total. The minimum Gasteiger partial charge on any atom is -0.466 e. The number of esters is 2. The number of ether oxygens (including phenoxy) is 4. The molecule has 2 aliphatic heterocycles. The van der Waals surface area contributed by atoms with Gasteiger partial charge in [-0.25, -0.2) is 0 Å². The molecule has 0 aromatic heterocycles. The zero-order chi connectivity index (χ0) is 42.7. The van der Waals surface area contributed by atoms with Crippen molar-refractivity contribution >= 4 is 11.9 Å². The first-order chi connectivity index (χ1) is 28.8. The molecule has 8 heteroatoms. The standard InChI is InChI=1S/C51H90N2O6/c1-6-9-22-29-46(4)34-42-56-49(54)32-25-18-14-12-16-20-27-36-51(58-45-48(59-51)44-53-40-38-52(5)39-41-53)37-28-21-17-13-15-19-26-33-50(55)57-43-35-47(30-23-10-7-2)31-24-11-8-3/h30,46-48H,2,6,8-9,11-22,24-29,31-45H2,1,3-5H3. The van der Waals surface area contributed by atoms with Crippen molar-refractivity contribution in [1.82, 2.24) is 9.80 Å². The molecule has 0 aromatic rings. The van der Waals surface area contributed by atoms with Gasteiger partial charge in [0.1, 0.15) is 0 Å². The summed E-state index contributed by atoms with van der Waals surface area (Å²) in [6, 6.07) is 0. The van der Waals surface area contributed by atoms with E-state index in [0.717, 1.165) is 110 Å². The van der Waals surface area contributed by atoms with Crippen molar-refractivity contribution in [2.45, 2.75) is 212 Å². The van der Waals surface area contributed by atoms with Crippen LogP contribution in [0.5, 0.6) is 0 Å². The van der Waals surface area contributed by atoms with E-state index in [9.17, 15) is 9.59 Å². The van der Waals surface area contributed by atoms with Gasteiger partial charge in [-0.2, -0.15) is 0 Å². The van der Waals surface area contributed by atoms with Gasteiger partial charge in [0.2, 0.25) is 0 Å². The van der Waals surface area contributed by atoms with E-state index in [1.54, 1.807) is 0 Å². The lowest BCUT2D eigenvalue weighted by Gasteiger charge is -2.34. The minimum atomic E-state index is -0.434. The number of nitrogens with zero attached hydrogens (tertiary/aromatic N) is 2. The van der Waals surface area contributed by atoms with Crippen LogP contribution in [0.2, 0.25) is 0 Å². The molecule has 2 saturated heterocycles. The fourth-order valence-electron chi connectivity index (χ4n) is 8.41. The molecule has 4 unspecified atom stereocenters. The molecule has 2 aliphatic rings. The highest BCUT2D eigenvalue weighted by Crippen LogP contribution is 2.35. The lowest BCUT2D eigenvalue weighted by Crippen LogP contribution is -2.47. The maximum Gasteiger partial charge on any atom is 0.305 e. The molecule has 2 rings (SSSR count). The van der Waals surface area contributed by atoms with E-state index in [4.69, 9.17) is 18.9 Å². The molecule has 0 radical (unpaired) electrons. The molecule has 0 aromatic carbocycles. The summed E-state index contributed by atoms with van der Waals surface area (Å²) in [6.07, 6.45) is 32.6. The van der Waals surface area contributed by atoms with Crippen LogP contribution in [-0.2, 0) is 28.5 Å². The number of piperazine rings is 1. The van der Waals surface area contributed by atoms with E-state index in [-0.39, 0.29) is 18.0 Å². The Morgan fingerprint density at radius 2 is 1.24 bits per heavy atom. The van der Waals surface area contributed by atoms with Crippen molar-refractivity contribution in [1.29, 1.82) is 0 Å². The fraction of sp³-hybridized carbons (Fsp3) is 0.863. The molecule has 59 heavy (non-hydrogen) atoms. The van der Waals surface area contributed by atoms with Crippen LogP contribution < -0.4 is 0 Å². The lowest BCUT2D eigenvalue weighted by molar-refractivity contribution is -0.181. The van der Waals surface area contributed by atoms with Gasteiger partial charge in [0.25, 0.3) is 0 Å². The molecular formula is C51H90N2O6. The van der Waals surface area contributed by atoms with Crippen molar-refractivity contribution in [2.75, 3.05) is 59.6 Å². The minimum absolute atomic E-state index is 0.0222. The van der Waals surface area contributed by atoms with Crippen LogP contribution in [0.25, 0.3) is 0 Å². The van der Waals surface area contributed by atoms with E-state index in [0.29, 0.717) is 44.5 Å². The number of carbonyl (C=O) groups excluding carboxylic acids is 2. The fourth-order valence-corrected chi connectivity index (χ4v) is 8.41. The first-order valence-corrected chi connectivity index (χ1v) is 24.7. The van der Waals surface area contributed by atoms with Crippen molar-refractivity contribution < 1.29 is 28.5 Å². The molecular weight excluding hydrogens is 737 g/mol. The Bertz CT molecular complexity index is 1180. The summed E-state index contributed by atoms with van der Waals surface area (Å²) in [5, 5.41) is 0. The molecule has 2 heterocycles. The smallest absolute Gasteiger partial charge is 0.305 e. The molecule has 0 amide bonds. The Labute approximate surface area is 363 Å². The number of rotatable bonds is 37. The molecule has 0 spiro atoms. The second-order valence-electron chi connectivity index (χ2n) is 18.0. The molecule has 0 saturated carbocycles. The predicted octanol–water partition coefficient (Wildman–Crippen LogP) is 12.3. The second-order valence-corrected chi connectivity index (χ2v) is 18.0. The van der Waals surface area contributed by atoms with Crippen LogP contribution in [0, 0.1) is 11.8 Å². The van der Waals surface area contributed by atoms with Gasteiger partial charge >= 0.3 is 11.9 Å². The zero-order valence-electron chi connectivity index (χ0n) is 38.8. The highest BCUT2D eigenvalue weighted by atomic mass is 16.7. The Morgan fingerprint density at radius 1 is 0.712 bits per heavy atom. The summed E-state index contributed by atoms with van der Waals surface area (Å²) >= 11 is 0. The summed E-state index contributed by atoms with van der Waals surface area (Å²) in [7, 11) is 2.21. The first-order valence-electron chi connectivity index (χ1n) is 24.7. The summed E-state index contributed by atoms with van der Waals surface area (Å²) in [5.74, 6) is 0.459. The van der Waals surface area contributed by atoms with Crippen molar-refractivity contribution in [2.24, 2.45) is 11.8 Å². The van der Waals surface area contributed by atoms with Crippen molar-refractivity contribution in [3.8, 4) is 0 Å². The van der Waals surface area contributed by atoms with Gasteiger partial charge in [-0.05, 0) is 82.2 Å². The Morgan fingerprint density at radius 3 is 1.80 bits per heavy atom. The van der Waals surface area contributed by atoms with Crippen LogP contribution in [0.4, 0.5) is 0 Å². The van der Waals surface area contributed by atoms with Crippen LogP contribution in [0.15, 0.2) is 29.8 Å². The van der Waals surface area contributed by atoms with E-state index in [2.05, 4.69) is 61.4 Å². The normalized spacial score (nSPS) is 19.4. The van der Waals surface area contributed by atoms with Crippen LogP contribution in [0.1, 0.15) is 201 Å². The Hall–Kier alpha value is -2.14. The van der Waals surface area contributed by atoms with E-state index in [1.807, 2.05) is 6.08 Å². The van der Waals surface area contributed by atoms with E-state index in [1.165, 1.54) is 89.9 Å². The number of allylic oxidation sites excluding steroid dienone is 1. The predicted molar refractivity (Wildman–Crippen MR) is 243 cm³/mol. The highest BCUT2D eigenvalue weighted by molar-refractivity contribution is 5.69. The van der Waals surface area contributed by atoms with Gasteiger partial charge in [0.15, 0.2) is 5.79 Å². The van der Waals surface area contributed by atoms with Gasteiger partial charge < -0.3 is 23.8 Å². The van der Waals surface area contributed by atoms with Crippen LogP contribution >= 0.6 is 0 Å². The number of carbonyl (C=O) groups is 2. The van der Waals surface area contributed by atoms with Gasteiger partial charge in [0, 0.05) is 58.4 Å². The summed E-state index contributed by atoms with van der Waals surface area (Å²) in [5.41, 5.74) is 8.41. The Balaban J connectivity index is 1.60. The number of hydrogen-bond donors (Lipinski definition) is 0. The third-order valence-electron chi connectivity index (χ3n) is 12.4. The third-order valence-corrected chi connectivity index (χ3v) is 12.4. The number of hydrogen-bond acceptors (Lipinski definition) is 8. The lowest BCUT2D eigenvalue weighted by atomic mass is 9.98. The summed E-state index contributed by atoms with van der Waals surface area (Å²) in [4.78, 5) is 29.5. The van der Waals surface area contributed by atoms with Crippen LogP contribution in [0.3, 0.4) is 0 Å². The maximum atomic E-state index is 12.4. The molecule has 0 N–H and O–H groups in total. The number of likely N-dealkylation sites (N-methyl/N-ethyl adjacent to an activating group) is 1. The average molecular weight is 827 g/mol. The monoisotopic (exact) mass is 827 g/mol. The SMILES string of the molecule is C=C=C=C=CC(CCCCC)CCOC(=O)CCCCCCCCCC1(CCCCCCCCCC(=O)OCCC(C)CCCCC)OCC(CN2CCN(C)CC2)O1. The van der Waals surface area contributed by atoms with E-state index >= 15 is 0 Å². The van der Waals surface area contributed by atoms with Crippen LogP contribution in [-0.4, -0.2) is 93.2 Å². The topological polar surface area (TPSA) is 77.5 Å². The first kappa shape index (κ1) is 53.0. The summed E-state index contributed by atoms with van der Waals surface area (Å²) in [6.45, 7) is 17.4. The Kier molecular flexibility index (Phi) is 31.8. The van der Waals surface area contributed by atoms with Crippen molar-refractivity contribution in [3.63, 3.8) is 0 Å². The zero-order valence-corrected chi connectivity index (χ0v) is 38.8. The van der Waals surface area contributed by atoms with E-state index < -0.39 is 5.79 Å². The molecule has 4 atom stereocenters. The average Bonchev–Trinajstić information content (AvgIpc) is 3.62. The van der Waals surface area contributed by atoms with Gasteiger partial charge in [-0.15, -0.1) is 0 Å². The number of unbranched alkanes of at least 4 members (excludes halogenated alkanes) is 16. The molecule has 340 valence electrons. The maximum absolute atomic E-state index is 12.4. The van der Waals surface area contributed by atoms with Gasteiger partial charge in [0.05, 0.1) is 25.9 Å².